The summed E-state index contributed by atoms with van der Waals surface area (Å²) >= 11 is 0. The molecule has 54 heavy (non-hydrogen) atoms. The predicted octanol–water partition coefficient (Wildman–Crippen LogP) is 13.7. The molecule has 0 radical (unpaired) electrons. The van der Waals surface area contributed by atoms with E-state index in [0.717, 1.165) is 27.8 Å². The van der Waals surface area contributed by atoms with Crippen LogP contribution in [0.2, 0.25) is 0 Å². The van der Waals surface area contributed by atoms with E-state index in [0.29, 0.717) is 28.7 Å². The molecule has 0 saturated carbocycles. The van der Waals surface area contributed by atoms with Gasteiger partial charge in [-0.1, -0.05) is 93.0 Å². The van der Waals surface area contributed by atoms with E-state index in [4.69, 9.17) is 54.3 Å². The summed E-state index contributed by atoms with van der Waals surface area (Å²) in [5, 5.41) is 0. The third-order valence-corrected chi connectivity index (χ3v) is 18.7. The minimum absolute atomic E-state index is 0.405. The minimum Gasteiger partial charge on any atom is -0.422 e. The molecule has 0 spiro atoms. The molecule has 1 heterocycles. The molecule has 0 aromatic heterocycles. The van der Waals surface area contributed by atoms with Crippen molar-refractivity contribution in [3.63, 3.8) is 0 Å². The summed E-state index contributed by atoms with van der Waals surface area (Å²) in [4.78, 5) is 0. The summed E-state index contributed by atoms with van der Waals surface area (Å²) in [6.45, 7) is 9.91. The first-order chi connectivity index (χ1) is 25.9. The van der Waals surface area contributed by atoms with E-state index in [1.807, 2.05) is 144 Å². The van der Waals surface area contributed by atoms with E-state index in [-0.39, 0.29) is 0 Å². The zero-order valence-electron chi connectivity index (χ0n) is 31.4. The van der Waals surface area contributed by atoms with Gasteiger partial charge in [0.15, 0.2) is 0 Å². The van der Waals surface area contributed by atoms with Crippen molar-refractivity contribution >= 4 is 30.6 Å². The third kappa shape index (κ3) is 9.76. The summed E-state index contributed by atoms with van der Waals surface area (Å²) in [7, 11) is -11.6. The molecule has 0 bridgehead atoms. The van der Waals surface area contributed by atoms with Crippen LogP contribution in [0.5, 0.6) is 28.7 Å². The first kappa shape index (κ1) is 39.6. The highest BCUT2D eigenvalue weighted by molar-refractivity contribution is 7.79. The van der Waals surface area contributed by atoms with Crippen LogP contribution in [0.15, 0.2) is 139 Å². The van der Waals surface area contributed by atoms with Crippen LogP contribution in [0.1, 0.15) is 27.8 Å². The summed E-state index contributed by atoms with van der Waals surface area (Å²) in [5.41, 5.74) is 5.12. The van der Waals surface area contributed by atoms with E-state index >= 15 is 0 Å². The van der Waals surface area contributed by atoms with Crippen molar-refractivity contribution in [2.24, 2.45) is 18.1 Å². The summed E-state index contributed by atoms with van der Waals surface area (Å²) in [6, 6.07) is 37.2. The van der Waals surface area contributed by atoms with Gasteiger partial charge in [-0.3, -0.25) is 0 Å². The maximum absolute atomic E-state index is 6.89. The lowest BCUT2D eigenvalue weighted by Gasteiger charge is -2.32. The lowest BCUT2D eigenvalue weighted by molar-refractivity contribution is 0.325. The molecule has 5 aromatic rings. The predicted molar refractivity (Wildman–Crippen MR) is 217 cm³/mol. The first-order valence-corrected chi connectivity index (χ1v) is 23.0. The quantitative estimate of drug-likeness (QED) is 0.108. The first-order valence-electron chi connectivity index (χ1n) is 16.9. The number of hydrogen-bond donors (Lipinski definition) is 0. The lowest BCUT2D eigenvalue weighted by atomic mass is 10.2. The maximum Gasteiger partial charge on any atom is 0.460 e. The average molecular weight is 809 g/mol. The van der Waals surface area contributed by atoms with Crippen LogP contribution in [0, 0.1) is 34.6 Å². The molecule has 1 aliphatic rings. The smallest absolute Gasteiger partial charge is 0.422 e. The topological polar surface area (TPSA) is 123 Å². The van der Waals surface area contributed by atoms with Crippen molar-refractivity contribution in [2.45, 2.75) is 34.6 Å². The van der Waals surface area contributed by atoms with Gasteiger partial charge in [-0.15, -0.1) is 13.5 Å². The maximum atomic E-state index is 6.89. The molecule has 1 unspecified atom stereocenters. The highest BCUT2D eigenvalue weighted by atomic mass is 31.3. The van der Waals surface area contributed by atoms with Gasteiger partial charge in [-0.2, -0.15) is 0 Å². The Kier molecular flexibility index (Phi) is 12.3. The fraction of sp³-hybridized carbons (Fsp3) is 0.211. The van der Waals surface area contributed by atoms with Crippen LogP contribution in [0.4, 0.5) is 0 Å². The monoisotopic (exact) mass is 808 g/mol. The zero-order valence-corrected chi connectivity index (χ0v) is 35.0. The minimum atomic E-state index is -4.14. The van der Waals surface area contributed by atoms with Gasteiger partial charge in [0, 0.05) is 21.3 Å². The number of nitrogens with zero attached hydrogens (tertiary/aromatic N) is 4. The Morgan fingerprint density at radius 1 is 0.278 bits per heavy atom. The Morgan fingerprint density at radius 2 is 0.463 bits per heavy atom. The summed E-state index contributed by atoms with van der Waals surface area (Å²) in [5.74, 6) is 2.05. The highest BCUT2D eigenvalue weighted by Crippen LogP contribution is 2.79. The van der Waals surface area contributed by atoms with Gasteiger partial charge in [0.1, 0.15) is 28.7 Å². The second-order valence-corrected chi connectivity index (χ2v) is 21.2. The Balaban J connectivity index is 1.76. The zero-order chi connectivity index (χ0) is 38.4. The van der Waals surface area contributed by atoms with Crippen LogP contribution in [0.25, 0.3) is 0 Å². The van der Waals surface area contributed by atoms with Crippen LogP contribution < -0.4 is 22.6 Å². The number of aryl methyl sites for hydroxylation is 5. The largest absolute Gasteiger partial charge is 0.460 e. The lowest BCUT2D eigenvalue weighted by Crippen LogP contribution is -2.08. The van der Waals surface area contributed by atoms with Gasteiger partial charge in [0.05, 0.1) is 0 Å². The van der Waals surface area contributed by atoms with Crippen molar-refractivity contribution < 1.29 is 36.2 Å². The van der Waals surface area contributed by atoms with E-state index in [1.54, 1.807) is 12.1 Å². The molecule has 16 heteroatoms. The normalized spacial score (nSPS) is 18.2. The molecule has 0 fully saturated rings. The van der Waals surface area contributed by atoms with Gasteiger partial charge in [-0.25, -0.2) is 0 Å². The second kappa shape index (κ2) is 16.7. The van der Waals surface area contributed by atoms with Crippen molar-refractivity contribution in [3.8, 4) is 28.7 Å². The summed E-state index contributed by atoms with van der Waals surface area (Å²) < 4.78 is 73.2. The molecule has 284 valence electrons. The van der Waals surface area contributed by atoms with Gasteiger partial charge in [0.25, 0.3) is 0 Å². The Bertz CT molecular complexity index is 2190. The molecule has 0 saturated heterocycles. The number of rotatable bonds is 13. The molecule has 5 aromatic carbocycles. The molecule has 1 aliphatic heterocycles. The Morgan fingerprint density at radius 3 is 0.704 bits per heavy atom. The van der Waals surface area contributed by atoms with Crippen LogP contribution in [-0.4, -0.2) is 21.3 Å². The molecule has 6 rings (SSSR count). The SMILES string of the molecule is COP1(OC)=NP(Oc2ccc(C)cc2)(Oc2ccc(C)cc2)=NP(Oc2ccc(C)cc2)(Oc2ccc(C)cc2)=NP(OC)(Oc2ccc(C)cc2)=N1. The summed E-state index contributed by atoms with van der Waals surface area (Å²) in [6.07, 6.45) is 0. The average Bonchev–Trinajstić information content (AvgIpc) is 3.15. The van der Waals surface area contributed by atoms with Crippen molar-refractivity contribution in [2.75, 3.05) is 21.3 Å². The fourth-order valence-electron chi connectivity index (χ4n) is 4.88. The third-order valence-electron chi connectivity index (χ3n) is 7.84. The van der Waals surface area contributed by atoms with Gasteiger partial charge in [-0.05, 0) is 95.3 Å². The second-order valence-electron chi connectivity index (χ2n) is 12.4. The van der Waals surface area contributed by atoms with E-state index < -0.39 is 30.6 Å². The van der Waals surface area contributed by atoms with Crippen LogP contribution in [0.3, 0.4) is 0 Å². The molecule has 0 aliphatic carbocycles. The van der Waals surface area contributed by atoms with Gasteiger partial charge >= 0.3 is 30.6 Å². The Hall–Kier alpha value is -4.10. The van der Waals surface area contributed by atoms with Crippen molar-refractivity contribution in [1.29, 1.82) is 0 Å². The van der Waals surface area contributed by atoms with Gasteiger partial charge < -0.3 is 36.2 Å². The van der Waals surface area contributed by atoms with E-state index in [1.165, 1.54) is 21.3 Å². The van der Waals surface area contributed by atoms with Crippen LogP contribution in [-0.2, 0) is 13.6 Å². The molecule has 0 N–H and O–H groups in total. The van der Waals surface area contributed by atoms with Gasteiger partial charge in [0.2, 0.25) is 0 Å². The van der Waals surface area contributed by atoms with Crippen LogP contribution >= 0.6 is 30.6 Å². The standard InChI is InChI=1S/C38H44N4O8P4/c1-29-9-19-34(20-10-29)46-52(45-8)39-51(43-6,44-7)40-53(47-35-21-11-30(2)12-22-35,48-36-23-13-31(3)14-24-36)42-54(41-52,49-37-25-15-32(4)16-26-37)50-38-27-17-33(5)18-28-38/h9-28H,1-8H3. The molecular formula is C38H44N4O8P4. The highest BCUT2D eigenvalue weighted by Gasteiger charge is 2.46. The van der Waals surface area contributed by atoms with Crippen molar-refractivity contribution in [3.05, 3.63) is 149 Å². The molecule has 0 amide bonds. The number of hydrogen-bond acceptors (Lipinski definition) is 12. The van der Waals surface area contributed by atoms with Crippen molar-refractivity contribution in [1.82, 2.24) is 0 Å². The van der Waals surface area contributed by atoms with E-state index in [2.05, 4.69) is 0 Å². The Labute approximate surface area is 317 Å². The number of benzene rings is 5. The van der Waals surface area contributed by atoms with E-state index in [9.17, 15) is 0 Å². The molecular weight excluding hydrogens is 764 g/mol. The molecule has 12 nitrogen and oxygen atoms in total. The molecule has 1 atom stereocenters. The fourth-order valence-corrected chi connectivity index (χ4v) is 16.8.